The molecule has 23 heavy (non-hydrogen) atoms. The Bertz CT molecular complexity index is 489. The second-order valence-electron chi connectivity index (χ2n) is 6.64. The number of carboxylic acids is 1. The first-order valence-electron chi connectivity index (χ1n) is 8.21. The monoisotopic (exact) mass is 327 g/mol. The molecule has 1 amide bonds. The Morgan fingerprint density at radius 1 is 1.43 bits per heavy atom. The van der Waals surface area contributed by atoms with Crippen LogP contribution >= 0.6 is 0 Å². The molecular formula is C16H25NO6. The predicted molar refractivity (Wildman–Crippen MR) is 80.4 cm³/mol. The van der Waals surface area contributed by atoms with Crippen LogP contribution in [0.25, 0.3) is 0 Å². The van der Waals surface area contributed by atoms with Crippen molar-refractivity contribution in [3.8, 4) is 0 Å². The smallest absolute Gasteiger partial charge is 0.338 e. The van der Waals surface area contributed by atoms with E-state index >= 15 is 0 Å². The lowest BCUT2D eigenvalue weighted by molar-refractivity contribution is -0.164. The first-order chi connectivity index (χ1) is 10.8. The van der Waals surface area contributed by atoms with Crippen LogP contribution in [0.5, 0.6) is 0 Å². The molecule has 3 unspecified atom stereocenters. The van der Waals surface area contributed by atoms with Crippen LogP contribution in [0.4, 0.5) is 0 Å². The molecule has 7 heteroatoms. The van der Waals surface area contributed by atoms with Gasteiger partial charge in [0.05, 0.1) is 5.92 Å². The van der Waals surface area contributed by atoms with Gasteiger partial charge in [-0.1, -0.05) is 19.8 Å². The molecule has 0 aromatic carbocycles. The fourth-order valence-corrected chi connectivity index (χ4v) is 3.25. The van der Waals surface area contributed by atoms with Gasteiger partial charge in [-0.05, 0) is 19.3 Å². The van der Waals surface area contributed by atoms with Gasteiger partial charge in [-0.15, -0.1) is 0 Å². The molecule has 0 saturated carbocycles. The Balaban J connectivity index is 2.19. The molecule has 1 N–H and O–H groups in total. The highest BCUT2D eigenvalue weighted by Gasteiger charge is 2.49. The quantitative estimate of drug-likeness (QED) is 0.744. The summed E-state index contributed by atoms with van der Waals surface area (Å²) < 4.78 is 10.8. The Labute approximate surface area is 135 Å². The SMILES string of the molecule is CCCCC(C(=O)N1CCCC1C(=O)O)C1OC(C)(C)OC1=O. The van der Waals surface area contributed by atoms with Crippen LogP contribution in [0.2, 0.25) is 0 Å². The van der Waals surface area contributed by atoms with E-state index in [1.807, 2.05) is 6.92 Å². The molecule has 2 rings (SSSR count). The molecule has 2 fully saturated rings. The van der Waals surface area contributed by atoms with E-state index in [-0.39, 0.29) is 5.91 Å². The summed E-state index contributed by atoms with van der Waals surface area (Å²) in [6, 6.07) is -0.808. The highest BCUT2D eigenvalue weighted by atomic mass is 16.8. The lowest BCUT2D eigenvalue weighted by Crippen LogP contribution is -2.47. The molecular weight excluding hydrogens is 302 g/mol. The Morgan fingerprint density at radius 3 is 2.65 bits per heavy atom. The van der Waals surface area contributed by atoms with Crippen LogP contribution in [0, 0.1) is 5.92 Å². The summed E-state index contributed by atoms with van der Waals surface area (Å²) in [5.74, 6) is -3.60. The number of rotatable bonds is 6. The maximum atomic E-state index is 12.9. The van der Waals surface area contributed by atoms with Crippen molar-refractivity contribution in [1.82, 2.24) is 4.90 Å². The molecule has 2 aliphatic heterocycles. The van der Waals surface area contributed by atoms with Crippen molar-refractivity contribution in [2.45, 2.75) is 70.8 Å². The van der Waals surface area contributed by atoms with Crippen LogP contribution in [0.15, 0.2) is 0 Å². The van der Waals surface area contributed by atoms with Crippen molar-refractivity contribution in [3.63, 3.8) is 0 Å². The van der Waals surface area contributed by atoms with E-state index in [0.29, 0.717) is 25.8 Å². The minimum Gasteiger partial charge on any atom is -0.480 e. The van der Waals surface area contributed by atoms with E-state index < -0.39 is 35.8 Å². The number of esters is 1. The second-order valence-corrected chi connectivity index (χ2v) is 6.64. The number of cyclic esters (lactones) is 1. The molecule has 0 aromatic heterocycles. The van der Waals surface area contributed by atoms with Crippen LogP contribution in [-0.4, -0.2) is 52.3 Å². The van der Waals surface area contributed by atoms with E-state index in [0.717, 1.165) is 12.8 Å². The number of hydrogen-bond acceptors (Lipinski definition) is 5. The third-order valence-electron chi connectivity index (χ3n) is 4.36. The molecule has 0 aliphatic carbocycles. The molecule has 2 heterocycles. The summed E-state index contributed by atoms with van der Waals surface area (Å²) in [5, 5.41) is 9.27. The molecule has 2 aliphatic rings. The van der Waals surface area contributed by atoms with Crippen molar-refractivity contribution in [1.29, 1.82) is 0 Å². The van der Waals surface area contributed by atoms with E-state index in [1.54, 1.807) is 13.8 Å². The van der Waals surface area contributed by atoms with Gasteiger partial charge in [0, 0.05) is 20.4 Å². The van der Waals surface area contributed by atoms with E-state index in [2.05, 4.69) is 0 Å². The Morgan fingerprint density at radius 2 is 2.13 bits per heavy atom. The van der Waals surface area contributed by atoms with E-state index in [4.69, 9.17) is 9.47 Å². The topological polar surface area (TPSA) is 93.1 Å². The Hall–Kier alpha value is -1.63. The van der Waals surface area contributed by atoms with Crippen molar-refractivity contribution in [2.75, 3.05) is 6.54 Å². The summed E-state index contributed by atoms with van der Waals surface area (Å²) in [6.07, 6.45) is 2.26. The molecule has 0 bridgehead atoms. The first-order valence-corrected chi connectivity index (χ1v) is 8.21. The van der Waals surface area contributed by atoms with E-state index in [1.165, 1.54) is 4.90 Å². The van der Waals surface area contributed by atoms with Crippen LogP contribution < -0.4 is 0 Å². The van der Waals surface area contributed by atoms with Gasteiger partial charge in [0.2, 0.25) is 11.7 Å². The normalized spacial score (nSPS) is 27.8. The number of carboxylic acid groups (broad SMARTS) is 1. The maximum absolute atomic E-state index is 12.9. The number of aliphatic carboxylic acids is 1. The molecule has 7 nitrogen and oxygen atoms in total. The van der Waals surface area contributed by atoms with Crippen LogP contribution in [0.1, 0.15) is 52.9 Å². The number of unbranched alkanes of at least 4 members (excludes halogenated alkanes) is 1. The van der Waals surface area contributed by atoms with Crippen molar-refractivity contribution in [2.24, 2.45) is 5.92 Å². The van der Waals surface area contributed by atoms with Crippen LogP contribution in [-0.2, 0) is 23.9 Å². The fraction of sp³-hybridized carbons (Fsp3) is 0.812. The highest BCUT2D eigenvalue weighted by molar-refractivity contribution is 5.90. The average Bonchev–Trinajstić information content (AvgIpc) is 3.03. The predicted octanol–water partition coefficient (Wildman–Crippen LogP) is 1.55. The summed E-state index contributed by atoms with van der Waals surface area (Å²) in [4.78, 5) is 37.7. The summed E-state index contributed by atoms with van der Waals surface area (Å²) in [5.41, 5.74) is 0. The van der Waals surface area contributed by atoms with Gasteiger partial charge in [0.1, 0.15) is 6.04 Å². The number of hydrogen-bond donors (Lipinski definition) is 1. The van der Waals surface area contributed by atoms with Gasteiger partial charge in [-0.3, -0.25) is 4.79 Å². The largest absolute Gasteiger partial charge is 0.480 e. The third-order valence-corrected chi connectivity index (χ3v) is 4.36. The number of nitrogens with zero attached hydrogens (tertiary/aromatic N) is 1. The molecule has 3 atom stereocenters. The Kier molecular flexibility index (Phi) is 5.29. The van der Waals surface area contributed by atoms with Gasteiger partial charge in [0.15, 0.2) is 6.10 Å². The lowest BCUT2D eigenvalue weighted by atomic mass is 9.94. The van der Waals surface area contributed by atoms with Gasteiger partial charge < -0.3 is 19.5 Å². The lowest BCUT2D eigenvalue weighted by Gasteiger charge is -2.28. The van der Waals surface area contributed by atoms with Gasteiger partial charge in [0.25, 0.3) is 0 Å². The first kappa shape index (κ1) is 17.7. The zero-order valence-corrected chi connectivity index (χ0v) is 13.9. The number of amides is 1. The standard InChI is InChI=1S/C16H25NO6/c1-4-5-7-10(12-15(21)23-16(2,3)22-12)13(18)17-9-6-8-11(17)14(19)20/h10-12H,4-9H2,1-3H3,(H,19,20). The maximum Gasteiger partial charge on any atom is 0.338 e. The zero-order valence-electron chi connectivity index (χ0n) is 13.9. The van der Waals surface area contributed by atoms with Gasteiger partial charge in [-0.25, -0.2) is 9.59 Å². The number of ether oxygens (including phenoxy) is 2. The highest BCUT2D eigenvalue weighted by Crippen LogP contribution is 2.33. The van der Waals surface area contributed by atoms with Crippen molar-refractivity contribution >= 4 is 17.8 Å². The van der Waals surface area contributed by atoms with Gasteiger partial charge in [-0.2, -0.15) is 0 Å². The number of carbonyl (C=O) groups is 3. The van der Waals surface area contributed by atoms with Crippen LogP contribution in [0.3, 0.4) is 0 Å². The minimum atomic E-state index is -1.05. The van der Waals surface area contributed by atoms with E-state index in [9.17, 15) is 19.5 Å². The summed E-state index contributed by atoms with van der Waals surface area (Å²) >= 11 is 0. The fourth-order valence-electron chi connectivity index (χ4n) is 3.25. The van der Waals surface area contributed by atoms with Crippen molar-refractivity contribution in [3.05, 3.63) is 0 Å². The average molecular weight is 327 g/mol. The number of likely N-dealkylation sites (tertiary alicyclic amines) is 1. The summed E-state index contributed by atoms with van der Waals surface area (Å²) in [7, 11) is 0. The van der Waals surface area contributed by atoms with Crippen molar-refractivity contribution < 1.29 is 29.0 Å². The second kappa shape index (κ2) is 6.86. The molecule has 2 saturated heterocycles. The third kappa shape index (κ3) is 3.83. The minimum absolute atomic E-state index is 0.317. The molecule has 0 aromatic rings. The molecule has 130 valence electrons. The molecule has 0 spiro atoms. The summed E-state index contributed by atoms with van der Waals surface area (Å²) in [6.45, 7) is 5.66. The zero-order chi connectivity index (χ0) is 17.2. The molecule has 0 radical (unpaired) electrons. The van der Waals surface area contributed by atoms with Gasteiger partial charge >= 0.3 is 11.9 Å². The number of carbonyl (C=O) groups excluding carboxylic acids is 2.